The molecule has 142 valence electrons. The summed E-state index contributed by atoms with van der Waals surface area (Å²) < 4.78 is 45.3. The van der Waals surface area contributed by atoms with Crippen LogP contribution in [0.5, 0.6) is 0 Å². The lowest BCUT2D eigenvalue weighted by molar-refractivity contribution is 0.0160. The van der Waals surface area contributed by atoms with Crippen LogP contribution in [-0.4, -0.2) is 37.7 Å². The molecule has 7 heteroatoms. The minimum absolute atomic E-state index is 0. The first-order valence-corrected chi connectivity index (χ1v) is 8.35. The zero-order valence-electron chi connectivity index (χ0n) is 14.3. The lowest BCUT2D eigenvalue weighted by atomic mass is 10.0. The average Bonchev–Trinajstić information content (AvgIpc) is 2.62. The largest absolute Gasteiger partial charge is 0.379 e. The predicted octanol–water partition coefficient (Wildman–Crippen LogP) is 3.69. The molecule has 1 saturated heterocycles. The zero-order valence-corrected chi connectivity index (χ0v) is 15.1. The Morgan fingerprint density at radius 3 is 2.46 bits per heavy atom. The highest BCUT2D eigenvalue weighted by atomic mass is 35.5. The fourth-order valence-corrected chi connectivity index (χ4v) is 3.06. The van der Waals surface area contributed by atoms with Crippen molar-refractivity contribution in [2.45, 2.75) is 12.6 Å². The van der Waals surface area contributed by atoms with E-state index in [9.17, 15) is 13.2 Å². The van der Waals surface area contributed by atoms with Gasteiger partial charge in [-0.2, -0.15) is 0 Å². The van der Waals surface area contributed by atoms with Crippen molar-refractivity contribution in [2.24, 2.45) is 0 Å². The number of hydrogen-bond donors (Lipinski definition) is 1. The normalized spacial score (nSPS) is 16.1. The van der Waals surface area contributed by atoms with E-state index >= 15 is 0 Å². The van der Waals surface area contributed by atoms with Gasteiger partial charge in [-0.15, -0.1) is 12.4 Å². The summed E-state index contributed by atoms with van der Waals surface area (Å²) in [6, 6.07) is 10.4. The number of rotatable bonds is 6. The lowest BCUT2D eigenvalue weighted by Gasteiger charge is -2.35. The Kier molecular flexibility index (Phi) is 7.90. The second-order valence-electron chi connectivity index (χ2n) is 6.10. The van der Waals surface area contributed by atoms with Crippen LogP contribution in [0.2, 0.25) is 0 Å². The van der Waals surface area contributed by atoms with Gasteiger partial charge in [0.25, 0.3) is 0 Å². The molecule has 1 fully saturated rings. The number of morpholine rings is 1. The molecule has 0 spiro atoms. The van der Waals surface area contributed by atoms with E-state index in [0.717, 1.165) is 24.7 Å². The number of nitrogens with one attached hydrogen (secondary N) is 1. The van der Waals surface area contributed by atoms with Crippen LogP contribution in [0.15, 0.2) is 42.5 Å². The Labute approximate surface area is 157 Å². The smallest absolute Gasteiger partial charge is 0.159 e. The van der Waals surface area contributed by atoms with Gasteiger partial charge in [0.2, 0.25) is 0 Å². The summed E-state index contributed by atoms with van der Waals surface area (Å²) in [7, 11) is 0. The van der Waals surface area contributed by atoms with Crippen molar-refractivity contribution < 1.29 is 17.9 Å². The first kappa shape index (κ1) is 20.7. The molecule has 1 aliphatic heterocycles. The third-order valence-electron chi connectivity index (χ3n) is 4.37. The van der Waals surface area contributed by atoms with Crippen LogP contribution in [0.3, 0.4) is 0 Å². The minimum Gasteiger partial charge on any atom is -0.379 e. The first-order chi connectivity index (χ1) is 12.1. The summed E-state index contributed by atoms with van der Waals surface area (Å²) in [5.74, 6) is -1.97. The predicted molar refractivity (Wildman–Crippen MR) is 96.8 cm³/mol. The van der Waals surface area contributed by atoms with E-state index < -0.39 is 11.6 Å². The first-order valence-electron chi connectivity index (χ1n) is 8.35. The van der Waals surface area contributed by atoms with E-state index in [-0.39, 0.29) is 24.3 Å². The van der Waals surface area contributed by atoms with Crippen LogP contribution in [-0.2, 0) is 11.3 Å². The second-order valence-corrected chi connectivity index (χ2v) is 6.10. The Morgan fingerprint density at radius 2 is 1.77 bits per heavy atom. The Bertz CT molecular complexity index is 711. The van der Waals surface area contributed by atoms with Crippen LogP contribution < -0.4 is 5.32 Å². The maximum Gasteiger partial charge on any atom is 0.159 e. The standard InChI is InChI=1S/C19H21F3N2O.ClH/c20-16-3-1-2-15(11-16)19(24-6-8-25-9-7-24)13-23-12-14-4-5-17(21)18(22)10-14;/h1-5,10-11,19,23H,6-9,12-13H2;1H. The van der Waals surface area contributed by atoms with Gasteiger partial charge in [0.1, 0.15) is 5.82 Å². The van der Waals surface area contributed by atoms with Gasteiger partial charge in [-0.1, -0.05) is 18.2 Å². The molecule has 2 aromatic rings. The molecular formula is C19H22ClF3N2O. The Hall–Kier alpha value is -1.60. The topological polar surface area (TPSA) is 24.5 Å². The SMILES string of the molecule is Cl.Fc1cccc(C(CNCc2ccc(F)c(F)c2)N2CCOCC2)c1. The van der Waals surface area contributed by atoms with Gasteiger partial charge in [0.15, 0.2) is 11.6 Å². The van der Waals surface area contributed by atoms with E-state index in [1.165, 1.54) is 12.1 Å². The van der Waals surface area contributed by atoms with Gasteiger partial charge in [0, 0.05) is 32.2 Å². The van der Waals surface area contributed by atoms with Gasteiger partial charge < -0.3 is 10.1 Å². The van der Waals surface area contributed by atoms with Crippen molar-refractivity contribution in [1.82, 2.24) is 10.2 Å². The third-order valence-corrected chi connectivity index (χ3v) is 4.37. The number of halogens is 4. The highest BCUT2D eigenvalue weighted by Gasteiger charge is 2.22. The molecule has 1 unspecified atom stereocenters. The summed E-state index contributed by atoms with van der Waals surface area (Å²) in [6.07, 6.45) is 0. The van der Waals surface area contributed by atoms with Crippen LogP contribution in [0.25, 0.3) is 0 Å². The highest BCUT2D eigenvalue weighted by Crippen LogP contribution is 2.22. The minimum atomic E-state index is -0.853. The fourth-order valence-electron chi connectivity index (χ4n) is 3.06. The van der Waals surface area contributed by atoms with Crippen molar-refractivity contribution >= 4 is 12.4 Å². The Balaban J connectivity index is 0.00000243. The molecule has 0 aromatic heterocycles. The molecule has 0 radical (unpaired) electrons. The maximum atomic E-state index is 13.6. The molecule has 1 heterocycles. The maximum absolute atomic E-state index is 13.6. The van der Waals surface area contributed by atoms with Gasteiger partial charge >= 0.3 is 0 Å². The van der Waals surface area contributed by atoms with E-state index in [4.69, 9.17) is 4.74 Å². The number of benzene rings is 2. The van der Waals surface area contributed by atoms with Crippen molar-refractivity contribution in [1.29, 1.82) is 0 Å². The van der Waals surface area contributed by atoms with Crippen LogP contribution in [0.4, 0.5) is 13.2 Å². The quantitative estimate of drug-likeness (QED) is 0.819. The van der Waals surface area contributed by atoms with Gasteiger partial charge in [-0.3, -0.25) is 4.90 Å². The molecule has 1 aliphatic rings. The lowest BCUT2D eigenvalue weighted by Crippen LogP contribution is -2.42. The van der Waals surface area contributed by atoms with Crippen molar-refractivity contribution in [3.05, 3.63) is 71.0 Å². The summed E-state index contributed by atoms with van der Waals surface area (Å²) in [5, 5.41) is 3.27. The van der Waals surface area contributed by atoms with E-state index in [0.29, 0.717) is 31.9 Å². The zero-order chi connectivity index (χ0) is 17.6. The van der Waals surface area contributed by atoms with E-state index in [1.807, 2.05) is 6.07 Å². The Morgan fingerprint density at radius 1 is 1.00 bits per heavy atom. The van der Waals surface area contributed by atoms with Crippen molar-refractivity contribution in [3.63, 3.8) is 0 Å². The number of nitrogens with zero attached hydrogens (tertiary/aromatic N) is 1. The molecule has 0 aliphatic carbocycles. The number of ether oxygens (including phenoxy) is 1. The molecule has 3 nitrogen and oxygen atoms in total. The molecule has 1 atom stereocenters. The summed E-state index contributed by atoms with van der Waals surface area (Å²) >= 11 is 0. The highest BCUT2D eigenvalue weighted by molar-refractivity contribution is 5.85. The molecule has 3 rings (SSSR count). The van der Waals surface area contributed by atoms with Gasteiger partial charge in [0.05, 0.1) is 13.2 Å². The van der Waals surface area contributed by atoms with Crippen LogP contribution in [0.1, 0.15) is 17.2 Å². The van der Waals surface area contributed by atoms with Crippen molar-refractivity contribution in [3.8, 4) is 0 Å². The van der Waals surface area contributed by atoms with Crippen molar-refractivity contribution in [2.75, 3.05) is 32.8 Å². The molecule has 26 heavy (non-hydrogen) atoms. The second kappa shape index (κ2) is 9.92. The average molecular weight is 387 g/mol. The molecular weight excluding hydrogens is 365 g/mol. The van der Waals surface area contributed by atoms with Gasteiger partial charge in [-0.05, 0) is 35.4 Å². The molecule has 0 saturated carbocycles. The molecule has 1 N–H and O–H groups in total. The monoisotopic (exact) mass is 386 g/mol. The summed E-state index contributed by atoms with van der Waals surface area (Å²) in [4.78, 5) is 2.25. The summed E-state index contributed by atoms with van der Waals surface area (Å²) in [6.45, 7) is 3.82. The molecule has 2 aromatic carbocycles. The van der Waals surface area contributed by atoms with E-state index in [1.54, 1.807) is 18.2 Å². The summed E-state index contributed by atoms with van der Waals surface area (Å²) in [5.41, 5.74) is 1.55. The van der Waals surface area contributed by atoms with Crippen LogP contribution in [0, 0.1) is 17.5 Å². The molecule has 0 amide bonds. The number of hydrogen-bond acceptors (Lipinski definition) is 3. The molecule has 0 bridgehead atoms. The third kappa shape index (κ3) is 5.45. The van der Waals surface area contributed by atoms with E-state index in [2.05, 4.69) is 10.2 Å². The fraction of sp³-hybridized carbons (Fsp3) is 0.368. The van der Waals surface area contributed by atoms with Gasteiger partial charge in [-0.25, -0.2) is 13.2 Å². The van der Waals surface area contributed by atoms with Crippen LogP contribution >= 0.6 is 12.4 Å².